The van der Waals surface area contributed by atoms with Crippen molar-refractivity contribution in [3.8, 4) is 11.1 Å². The summed E-state index contributed by atoms with van der Waals surface area (Å²) in [5.41, 5.74) is 26.0. The smallest absolute Gasteiger partial charge is 0.137 e. The molecular weight excluding hydrogens is 1270 g/mol. The molecule has 0 spiro atoms. The van der Waals surface area contributed by atoms with Crippen LogP contribution in [0.1, 0.15) is 22.3 Å². The van der Waals surface area contributed by atoms with Crippen molar-refractivity contribution >= 4 is 178 Å². The fourth-order valence-corrected chi connectivity index (χ4v) is 15.7. The van der Waals surface area contributed by atoms with Crippen molar-refractivity contribution in [2.24, 2.45) is 0 Å². The third-order valence-corrected chi connectivity index (χ3v) is 20.7. The van der Waals surface area contributed by atoms with Gasteiger partial charge in [-0.2, -0.15) is 0 Å². The summed E-state index contributed by atoms with van der Waals surface area (Å²) >= 11 is 0. The summed E-state index contributed by atoms with van der Waals surface area (Å²) in [7, 11) is 0. The molecule has 8 heteroatoms. The Morgan fingerprint density at radius 1 is 0.163 bits per heavy atom. The topological polar surface area (TPSA) is 65.5 Å². The van der Waals surface area contributed by atoms with Crippen LogP contribution in [0.3, 0.4) is 0 Å². The molecule has 494 valence electrons. The number of hydrogen-bond donors (Lipinski definition) is 0. The third-order valence-electron chi connectivity index (χ3n) is 20.7. The molecule has 0 bridgehead atoms. The molecule has 0 saturated heterocycles. The quantitative estimate of drug-likeness (QED) is 0.113. The zero-order chi connectivity index (χ0) is 69.3. The average molecular weight is 1340 g/mol. The first-order valence-electron chi connectivity index (χ1n) is 35.4. The molecule has 0 aliphatic carbocycles. The second-order valence-corrected chi connectivity index (χ2v) is 27.7. The van der Waals surface area contributed by atoms with Gasteiger partial charge in [-0.15, -0.1) is 0 Å². The molecule has 0 aliphatic heterocycles. The van der Waals surface area contributed by atoms with Crippen molar-refractivity contribution < 1.29 is 17.7 Å². The maximum absolute atomic E-state index is 6.89. The monoisotopic (exact) mass is 1340 g/mol. The minimum atomic E-state index is 0.808. The standard InChI is InChI=1S/C96H66N4O4/c1-59-26-30-72(31-27-59)97(69-18-8-5-9-19-69)76-34-38-81-85-47-65-49-87-83-40-36-78(57-95(83)103-91(87)53-67(65)51-89(85)101-93(81)55-76)99(73-32-28-60(2)29-33-73)75-25-15-17-63(45-75)64-42-62(4)44-80(46-64)100(71-22-12-7-13-23-71)79-37-41-84-88-50-66-48-86-82-39-35-77(98(70-20-10-6-11-21-70)74-24-14-16-61(3)43-74)56-94(82)102-90(86)52-68(66)54-92(88)104-96(84)58-79/h5-58H,1-4H3. The molecule has 0 unspecified atom stereocenters. The van der Waals surface area contributed by atoms with Gasteiger partial charge < -0.3 is 37.3 Å². The maximum Gasteiger partial charge on any atom is 0.137 e. The van der Waals surface area contributed by atoms with Gasteiger partial charge in [0.25, 0.3) is 0 Å². The van der Waals surface area contributed by atoms with Crippen LogP contribution in [0.4, 0.5) is 68.2 Å². The first kappa shape index (κ1) is 60.4. The molecule has 4 aromatic heterocycles. The van der Waals surface area contributed by atoms with Gasteiger partial charge in [-0.3, -0.25) is 0 Å². The highest BCUT2D eigenvalue weighted by Crippen LogP contribution is 2.47. The summed E-state index contributed by atoms with van der Waals surface area (Å²) in [5.74, 6) is 0. The highest BCUT2D eigenvalue weighted by atomic mass is 16.3. The molecule has 104 heavy (non-hydrogen) atoms. The lowest BCUT2D eigenvalue weighted by Crippen LogP contribution is -2.10. The molecule has 0 amide bonds. The van der Waals surface area contributed by atoms with E-state index in [1.807, 2.05) is 0 Å². The SMILES string of the molecule is Cc1ccc(N(c2ccccc2)c2ccc3c(c2)oc2cc4cc5oc6cc(N(c7ccc(C)cc7)c7cccc(-c8cc(C)cc(N(c9ccccc9)c9ccc%10c(c9)oc9cc%11cc%12oc%13cc(N(c%14ccccc%14)c%14cccc(C)c%14)ccc%13c%12cc%11cc9%10)c8)c7)ccc6c5cc4cc23)cc1. The number of rotatable bonds is 13. The van der Waals surface area contributed by atoms with Crippen LogP contribution in [0.5, 0.6) is 0 Å². The fourth-order valence-electron chi connectivity index (χ4n) is 15.7. The Kier molecular flexibility index (Phi) is 14.0. The number of hydrogen-bond acceptors (Lipinski definition) is 8. The van der Waals surface area contributed by atoms with E-state index in [4.69, 9.17) is 17.7 Å². The lowest BCUT2D eigenvalue weighted by molar-refractivity contribution is 0.668. The van der Waals surface area contributed by atoms with Crippen LogP contribution in [0.15, 0.2) is 345 Å². The number of aryl methyl sites for hydroxylation is 4. The van der Waals surface area contributed by atoms with E-state index in [0.29, 0.717) is 0 Å². The predicted octanol–water partition coefficient (Wildman–Crippen LogP) is 28.4. The lowest BCUT2D eigenvalue weighted by Gasteiger charge is -2.27. The van der Waals surface area contributed by atoms with Crippen molar-refractivity contribution in [1.29, 1.82) is 0 Å². The molecule has 0 aliphatic rings. The second-order valence-electron chi connectivity index (χ2n) is 27.7. The second kappa shape index (κ2) is 24.1. The average Bonchev–Trinajstić information content (AvgIpc) is 1.58. The van der Waals surface area contributed by atoms with Gasteiger partial charge in [0.1, 0.15) is 44.7 Å². The van der Waals surface area contributed by atoms with Crippen molar-refractivity contribution in [2.45, 2.75) is 27.7 Å². The van der Waals surface area contributed by atoms with E-state index in [1.54, 1.807) is 0 Å². The molecule has 20 aromatic rings. The molecule has 4 heterocycles. The van der Waals surface area contributed by atoms with Crippen molar-refractivity contribution in [2.75, 3.05) is 19.6 Å². The predicted molar refractivity (Wildman–Crippen MR) is 434 cm³/mol. The number of anilines is 12. The van der Waals surface area contributed by atoms with Crippen molar-refractivity contribution in [3.63, 3.8) is 0 Å². The van der Waals surface area contributed by atoms with E-state index in [9.17, 15) is 0 Å². The molecule has 8 nitrogen and oxygen atoms in total. The number of para-hydroxylation sites is 3. The Balaban J connectivity index is 0.624. The van der Waals surface area contributed by atoms with Crippen LogP contribution in [0.2, 0.25) is 0 Å². The minimum Gasteiger partial charge on any atom is -0.456 e. The zero-order valence-corrected chi connectivity index (χ0v) is 57.6. The molecule has 16 aromatic carbocycles. The Morgan fingerprint density at radius 3 is 0.827 bits per heavy atom. The molecule has 0 atom stereocenters. The summed E-state index contributed by atoms with van der Waals surface area (Å²) in [6.45, 7) is 8.57. The summed E-state index contributed by atoms with van der Waals surface area (Å²) in [4.78, 5) is 9.23. The fraction of sp³-hybridized carbons (Fsp3) is 0.0417. The highest BCUT2D eigenvalue weighted by Gasteiger charge is 2.24. The van der Waals surface area contributed by atoms with Crippen LogP contribution < -0.4 is 19.6 Å². The molecular formula is C96H66N4O4. The van der Waals surface area contributed by atoms with Gasteiger partial charge in [0.2, 0.25) is 0 Å². The largest absolute Gasteiger partial charge is 0.456 e. The van der Waals surface area contributed by atoms with Gasteiger partial charge in [0, 0.05) is 136 Å². The van der Waals surface area contributed by atoms with Crippen LogP contribution in [-0.4, -0.2) is 0 Å². The highest BCUT2D eigenvalue weighted by molar-refractivity contribution is 6.18. The number of benzene rings is 16. The Morgan fingerprint density at radius 2 is 0.442 bits per heavy atom. The summed E-state index contributed by atoms with van der Waals surface area (Å²) in [6, 6.07) is 117. The molecule has 0 N–H and O–H groups in total. The number of fused-ring (bicyclic) bond motifs is 14. The van der Waals surface area contributed by atoms with Crippen LogP contribution in [0.25, 0.3) is 120 Å². The van der Waals surface area contributed by atoms with Gasteiger partial charge >= 0.3 is 0 Å². The van der Waals surface area contributed by atoms with Gasteiger partial charge in [0.15, 0.2) is 0 Å². The van der Waals surface area contributed by atoms with Gasteiger partial charge in [-0.05, 0) is 266 Å². The van der Waals surface area contributed by atoms with Crippen molar-refractivity contribution in [3.05, 3.63) is 350 Å². The third kappa shape index (κ3) is 10.4. The molecule has 0 radical (unpaired) electrons. The number of nitrogens with zero attached hydrogens (tertiary/aromatic N) is 4. The Hall–Kier alpha value is -13.6. The Bertz CT molecular complexity index is 6790. The number of furan rings is 4. The first-order chi connectivity index (χ1) is 51.1. The van der Waals surface area contributed by atoms with E-state index in [-0.39, 0.29) is 0 Å². The van der Waals surface area contributed by atoms with E-state index >= 15 is 0 Å². The molecule has 0 saturated carbocycles. The maximum atomic E-state index is 6.89. The summed E-state index contributed by atoms with van der Waals surface area (Å²) in [6.07, 6.45) is 0. The van der Waals surface area contributed by atoms with Crippen LogP contribution in [0, 0.1) is 27.7 Å². The van der Waals surface area contributed by atoms with E-state index in [2.05, 4.69) is 375 Å². The van der Waals surface area contributed by atoms with Crippen LogP contribution in [-0.2, 0) is 0 Å². The molecule has 0 fully saturated rings. The molecule has 20 rings (SSSR count). The van der Waals surface area contributed by atoms with Gasteiger partial charge in [-0.25, -0.2) is 0 Å². The lowest BCUT2D eigenvalue weighted by atomic mass is 10.00. The van der Waals surface area contributed by atoms with E-state index < -0.39 is 0 Å². The van der Waals surface area contributed by atoms with Crippen molar-refractivity contribution in [1.82, 2.24) is 0 Å². The van der Waals surface area contributed by atoms with Gasteiger partial charge in [0.05, 0.1) is 0 Å². The summed E-state index contributed by atoms with van der Waals surface area (Å²) in [5, 5.41) is 12.8. The van der Waals surface area contributed by atoms with Crippen LogP contribution >= 0.6 is 0 Å². The Labute approximate surface area is 599 Å². The van der Waals surface area contributed by atoms with Gasteiger partial charge in [-0.1, -0.05) is 120 Å². The normalized spacial score (nSPS) is 11.8. The first-order valence-corrected chi connectivity index (χ1v) is 35.4. The van der Waals surface area contributed by atoms with E-state index in [0.717, 1.165) is 194 Å². The van der Waals surface area contributed by atoms with E-state index in [1.165, 1.54) is 16.7 Å². The zero-order valence-electron chi connectivity index (χ0n) is 57.6. The summed E-state index contributed by atoms with van der Waals surface area (Å²) < 4.78 is 27.3. The minimum absolute atomic E-state index is 0.808.